The van der Waals surface area contributed by atoms with Crippen LogP contribution in [-0.4, -0.2) is 97.3 Å². The van der Waals surface area contributed by atoms with Crippen molar-refractivity contribution in [3.05, 3.63) is 122 Å². The van der Waals surface area contributed by atoms with Crippen LogP contribution in [0.15, 0.2) is 122 Å². The van der Waals surface area contributed by atoms with Gasteiger partial charge in [-0.15, -0.1) is 0 Å². The molecule has 0 aliphatic rings. The third-order valence-electron chi connectivity index (χ3n) is 8.16. The van der Waals surface area contributed by atoms with Crippen molar-refractivity contribution in [3.8, 4) is 0 Å². The van der Waals surface area contributed by atoms with Gasteiger partial charge in [-0.1, -0.05) is 135 Å². The van der Waals surface area contributed by atoms with E-state index in [1.165, 1.54) is 0 Å². The lowest BCUT2D eigenvalue weighted by Crippen LogP contribution is -2.37. The zero-order valence-electron chi connectivity index (χ0n) is 37.1. The number of aliphatic hydroxyl groups is 2. The van der Waals surface area contributed by atoms with E-state index in [0.717, 1.165) is 44.9 Å². The molecule has 0 radical (unpaired) electrons. The molecule has 0 fully saturated rings. The summed E-state index contributed by atoms with van der Waals surface area (Å²) < 4.78 is 34.0. The van der Waals surface area contributed by atoms with Crippen LogP contribution in [-0.2, 0) is 32.7 Å². The van der Waals surface area contributed by atoms with Gasteiger partial charge in [0.1, 0.15) is 19.8 Å². The van der Waals surface area contributed by atoms with Gasteiger partial charge >= 0.3 is 19.8 Å². The number of aliphatic hydroxyl groups excluding tert-OH is 2. The molecule has 0 amide bonds. The fraction of sp³-hybridized carbons (Fsp3) is 0.542. The summed E-state index contributed by atoms with van der Waals surface area (Å²) >= 11 is 0. The Morgan fingerprint density at radius 2 is 1.18 bits per heavy atom. The van der Waals surface area contributed by atoms with Crippen molar-refractivity contribution >= 4 is 19.8 Å². The fourth-order valence-electron chi connectivity index (χ4n) is 4.80. The number of carbonyl (C=O) groups excluding carboxylic acids is 2. The minimum absolute atomic E-state index is 0.0174. The Hall–Kier alpha value is -3.67. The van der Waals surface area contributed by atoms with E-state index in [0.29, 0.717) is 43.1 Å². The van der Waals surface area contributed by atoms with Crippen LogP contribution in [0.25, 0.3) is 0 Å². The topological polar surface area (TPSA) is 149 Å². The number of allylic oxidation sites excluding steroid dienone is 16. The van der Waals surface area contributed by atoms with Gasteiger partial charge in [-0.05, 0) is 77.0 Å². The monoisotopic (exact) mass is 859 g/mol. The number of carbonyl (C=O) groups is 2. The van der Waals surface area contributed by atoms with E-state index in [2.05, 4.69) is 62.5 Å². The number of rotatable bonds is 36. The van der Waals surface area contributed by atoms with E-state index in [9.17, 15) is 29.3 Å². The number of phosphoric acid groups is 1. The zero-order chi connectivity index (χ0) is 44.6. The SMILES string of the molecule is CC/C=C\C/C=C\C/C=C\C/C=C\CCCCC(=O)O[C@H](COC(=O)CCC/C=C\[C@H](O)/C=C/C=C\C/C=C\C=C\[C@H](O)C/C=C\CC)COP(=O)(O)OCC[N+](C)(C)C. The van der Waals surface area contributed by atoms with Crippen LogP contribution >= 0.6 is 7.82 Å². The highest BCUT2D eigenvalue weighted by Gasteiger charge is 2.27. The van der Waals surface area contributed by atoms with Gasteiger partial charge in [0.25, 0.3) is 0 Å². The molecule has 3 N–H and O–H groups in total. The van der Waals surface area contributed by atoms with Gasteiger partial charge in [0.2, 0.25) is 0 Å². The maximum absolute atomic E-state index is 12.7. The molecule has 0 aliphatic heterocycles. The summed E-state index contributed by atoms with van der Waals surface area (Å²) in [7, 11) is 1.31. The van der Waals surface area contributed by atoms with Crippen molar-refractivity contribution in [1.29, 1.82) is 0 Å². The Balaban J connectivity index is 4.71. The Bertz CT molecular complexity index is 1470. The Morgan fingerprint density at radius 1 is 0.617 bits per heavy atom. The van der Waals surface area contributed by atoms with Gasteiger partial charge in [0.15, 0.2) is 6.10 Å². The quantitative estimate of drug-likeness (QED) is 0.0139. The molecular formula is C48H77NO10P+. The molecule has 338 valence electrons. The molecule has 0 spiro atoms. The van der Waals surface area contributed by atoms with Gasteiger partial charge in [0.05, 0.1) is 40.0 Å². The van der Waals surface area contributed by atoms with Crippen molar-refractivity contribution in [1.82, 2.24) is 0 Å². The van der Waals surface area contributed by atoms with Crippen LogP contribution in [0.2, 0.25) is 0 Å². The molecule has 0 saturated carbocycles. The molecule has 0 bridgehead atoms. The second-order valence-corrected chi connectivity index (χ2v) is 16.5. The van der Waals surface area contributed by atoms with E-state index in [4.69, 9.17) is 18.5 Å². The molecule has 0 rings (SSSR count). The van der Waals surface area contributed by atoms with Crippen LogP contribution in [0.1, 0.15) is 104 Å². The van der Waals surface area contributed by atoms with Crippen LogP contribution in [0.3, 0.4) is 0 Å². The van der Waals surface area contributed by atoms with Crippen LogP contribution in [0, 0.1) is 0 Å². The first-order valence-electron chi connectivity index (χ1n) is 21.5. The van der Waals surface area contributed by atoms with Gasteiger partial charge in [0, 0.05) is 12.8 Å². The predicted molar refractivity (Wildman–Crippen MR) is 245 cm³/mol. The Labute approximate surface area is 362 Å². The van der Waals surface area contributed by atoms with Gasteiger partial charge in [-0.2, -0.15) is 0 Å². The second kappa shape index (κ2) is 38.3. The molecule has 12 heteroatoms. The van der Waals surface area contributed by atoms with Crippen LogP contribution in [0.5, 0.6) is 0 Å². The first-order chi connectivity index (χ1) is 28.8. The van der Waals surface area contributed by atoms with Crippen molar-refractivity contribution in [2.45, 2.75) is 122 Å². The summed E-state index contributed by atoms with van der Waals surface area (Å²) in [6.45, 7) is 3.80. The largest absolute Gasteiger partial charge is 0.472 e. The highest BCUT2D eigenvalue weighted by atomic mass is 31.2. The zero-order valence-corrected chi connectivity index (χ0v) is 38.0. The number of hydrogen-bond acceptors (Lipinski definition) is 9. The molecule has 60 heavy (non-hydrogen) atoms. The number of hydrogen-bond donors (Lipinski definition) is 3. The summed E-state index contributed by atoms with van der Waals surface area (Å²) in [5.41, 5.74) is 0. The summed E-state index contributed by atoms with van der Waals surface area (Å²) in [6.07, 6.45) is 46.2. The molecule has 11 nitrogen and oxygen atoms in total. The highest BCUT2D eigenvalue weighted by Crippen LogP contribution is 2.43. The van der Waals surface area contributed by atoms with E-state index < -0.39 is 44.7 Å². The lowest BCUT2D eigenvalue weighted by atomic mass is 10.2. The van der Waals surface area contributed by atoms with Crippen molar-refractivity contribution < 1.29 is 52.3 Å². The average Bonchev–Trinajstić information content (AvgIpc) is 3.19. The predicted octanol–water partition coefficient (Wildman–Crippen LogP) is 10.1. The standard InChI is InChI=1S/C48H76NO10P/c1-6-8-10-11-12-13-14-15-16-17-18-19-23-26-32-39-48(53)59-46(43-58-60(54,55)57-41-40-49(3,4)5)42-56-47(52)38-33-27-31-37-45(51)36-30-25-22-20-21-24-29-35-44(50)34-28-9-7-2/h8-10,12-13,15-16,18-19,21-22,24-25,28-31,35-37,44-46,50-51H,6-7,11,14,17,20,23,26-27,32-34,38-43H2,1-5H3/p+1/b10-8-,13-12-,16-15-,19-18-,24-21-,25-22-,28-9-,35-29+,36-30+,37-31-/t44-,45-,46-/m1/s1. The van der Waals surface area contributed by atoms with E-state index in [1.807, 2.05) is 63.7 Å². The Morgan fingerprint density at radius 3 is 1.83 bits per heavy atom. The minimum atomic E-state index is -4.44. The van der Waals surface area contributed by atoms with E-state index in [1.54, 1.807) is 30.4 Å². The van der Waals surface area contributed by atoms with E-state index >= 15 is 0 Å². The van der Waals surface area contributed by atoms with Crippen molar-refractivity contribution in [2.75, 3.05) is 47.5 Å². The van der Waals surface area contributed by atoms with Crippen molar-refractivity contribution in [3.63, 3.8) is 0 Å². The maximum Gasteiger partial charge on any atom is 0.472 e. The van der Waals surface area contributed by atoms with Gasteiger partial charge in [-0.3, -0.25) is 18.6 Å². The summed E-state index contributed by atoms with van der Waals surface area (Å²) in [5.74, 6) is -1.05. The summed E-state index contributed by atoms with van der Waals surface area (Å²) in [4.78, 5) is 35.3. The van der Waals surface area contributed by atoms with Crippen LogP contribution < -0.4 is 0 Å². The third kappa shape index (κ3) is 41.1. The minimum Gasteiger partial charge on any atom is -0.462 e. The fourth-order valence-corrected chi connectivity index (χ4v) is 5.54. The number of likely N-dealkylation sites (N-methyl/N-ethyl adjacent to an activating group) is 1. The number of quaternary nitrogens is 1. The number of esters is 2. The number of phosphoric ester groups is 1. The maximum atomic E-state index is 12.7. The summed E-state index contributed by atoms with van der Waals surface area (Å²) in [6, 6.07) is 0. The van der Waals surface area contributed by atoms with Gasteiger partial charge < -0.3 is 29.1 Å². The molecule has 0 aromatic rings. The Kier molecular flexibility index (Phi) is 35.9. The summed E-state index contributed by atoms with van der Waals surface area (Å²) in [5, 5.41) is 20.0. The third-order valence-corrected chi connectivity index (χ3v) is 9.15. The number of unbranched alkanes of at least 4 members (excludes halogenated alkanes) is 3. The lowest BCUT2D eigenvalue weighted by molar-refractivity contribution is -0.870. The van der Waals surface area contributed by atoms with E-state index in [-0.39, 0.29) is 26.1 Å². The molecule has 0 aliphatic carbocycles. The lowest BCUT2D eigenvalue weighted by Gasteiger charge is -2.24. The molecule has 0 saturated heterocycles. The molecule has 0 aromatic heterocycles. The second-order valence-electron chi connectivity index (χ2n) is 15.0. The highest BCUT2D eigenvalue weighted by molar-refractivity contribution is 7.47. The average molecular weight is 859 g/mol. The number of nitrogens with zero attached hydrogens (tertiary/aromatic N) is 1. The number of ether oxygens (including phenoxy) is 2. The first-order valence-corrected chi connectivity index (χ1v) is 23.0. The molecular weight excluding hydrogens is 781 g/mol. The smallest absolute Gasteiger partial charge is 0.462 e. The molecule has 1 unspecified atom stereocenters. The first kappa shape index (κ1) is 56.3. The van der Waals surface area contributed by atoms with Gasteiger partial charge in [-0.25, -0.2) is 4.57 Å². The molecule has 0 aromatic carbocycles. The normalized spacial score (nSPS) is 15.8. The molecule has 4 atom stereocenters. The molecule has 0 heterocycles. The van der Waals surface area contributed by atoms with Crippen LogP contribution in [0.4, 0.5) is 0 Å². The van der Waals surface area contributed by atoms with Crippen molar-refractivity contribution in [2.24, 2.45) is 0 Å².